The average molecular weight is 439 g/mol. The van der Waals surface area contributed by atoms with Gasteiger partial charge in [-0.3, -0.25) is 0 Å². The van der Waals surface area contributed by atoms with Gasteiger partial charge in [-0.2, -0.15) is 4.40 Å². The zero-order valence-electron chi connectivity index (χ0n) is 18.2. The first-order valence-electron chi connectivity index (χ1n) is 10.1. The summed E-state index contributed by atoms with van der Waals surface area (Å²) in [4.78, 5) is 14.2. The Kier molecular flexibility index (Phi) is 5.91. The summed E-state index contributed by atoms with van der Waals surface area (Å²) < 4.78 is 22.7. The summed E-state index contributed by atoms with van der Waals surface area (Å²) in [7, 11) is -1.36. The average Bonchev–Trinajstić information content (AvgIpc) is 2.86. The molecule has 1 unspecified atom stereocenters. The fourth-order valence-electron chi connectivity index (χ4n) is 3.88. The highest BCUT2D eigenvalue weighted by Gasteiger charge is 2.47. The van der Waals surface area contributed by atoms with E-state index in [1.54, 1.807) is 4.90 Å². The molecule has 3 rings (SSSR count). The molecular weight excluding hydrogens is 408 g/mol. The molecular formula is C22H31ClN2O3S. The van der Waals surface area contributed by atoms with Crippen LogP contribution in [0.1, 0.15) is 65.5 Å². The van der Waals surface area contributed by atoms with Crippen molar-refractivity contribution in [3.8, 4) is 0 Å². The van der Waals surface area contributed by atoms with Crippen LogP contribution in [0.5, 0.6) is 0 Å². The maximum Gasteiger partial charge on any atom is 0.410 e. The third-order valence-corrected chi connectivity index (χ3v) is 7.06. The Morgan fingerprint density at radius 3 is 2.34 bits per heavy atom. The minimum Gasteiger partial charge on any atom is -0.444 e. The number of amides is 1. The van der Waals surface area contributed by atoms with Crippen molar-refractivity contribution in [2.75, 3.05) is 13.1 Å². The lowest BCUT2D eigenvalue weighted by molar-refractivity contribution is 0.0159. The lowest BCUT2D eigenvalue weighted by Gasteiger charge is -2.40. The molecule has 7 heteroatoms. The maximum atomic E-state index is 12.9. The summed E-state index contributed by atoms with van der Waals surface area (Å²) in [5, 5.41) is 0.654. The van der Waals surface area contributed by atoms with Gasteiger partial charge in [0.05, 0.1) is 10.5 Å². The second-order valence-electron chi connectivity index (χ2n) is 10.0. The molecule has 0 bridgehead atoms. The minimum atomic E-state index is -1.36. The summed E-state index contributed by atoms with van der Waals surface area (Å²) in [6.45, 7) is 12.6. The number of halogens is 1. The van der Waals surface area contributed by atoms with E-state index in [1.165, 1.54) is 5.56 Å². The van der Waals surface area contributed by atoms with Crippen molar-refractivity contribution in [3.63, 3.8) is 0 Å². The first-order chi connectivity index (χ1) is 13.3. The lowest BCUT2D eigenvalue weighted by atomic mass is 9.74. The minimum absolute atomic E-state index is 0.216. The third kappa shape index (κ3) is 4.85. The SMILES string of the molecule is CC(C)(C)OC(=O)N1CCC2(CC1)Cc1ccc(Cl)cc1C2=NS(=O)C(C)(C)C. The van der Waals surface area contributed by atoms with Crippen LogP contribution in [0.3, 0.4) is 0 Å². The highest BCUT2D eigenvalue weighted by atomic mass is 35.5. The normalized spacial score (nSPS) is 21.3. The van der Waals surface area contributed by atoms with Crippen LogP contribution >= 0.6 is 11.6 Å². The first kappa shape index (κ1) is 22.3. The third-order valence-electron chi connectivity index (χ3n) is 5.43. The predicted molar refractivity (Wildman–Crippen MR) is 119 cm³/mol. The Bertz CT molecular complexity index is 860. The van der Waals surface area contributed by atoms with Crippen molar-refractivity contribution in [1.82, 2.24) is 4.90 Å². The number of rotatable bonds is 1. The van der Waals surface area contributed by atoms with E-state index in [9.17, 15) is 9.00 Å². The predicted octanol–water partition coefficient (Wildman–Crippen LogP) is 5.16. The van der Waals surface area contributed by atoms with E-state index in [1.807, 2.05) is 59.7 Å². The fourth-order valence-corrected chi connectivity index (χ4v) is 4.78. The van der Waals surface area contributed by atoms with Gasteiger partial charge in [0.2, 0.25) is 0 Å². The van der Waals surface area contributed by atoms with Crippen LogP contribution in [0.2, 0.25) is 5.02 Å². The van der Waals surface area contributed by atoms with Gasteiger partial charge in [-0.25, -0.2) is 9.00 Å². The summed E-state index contributed by atoms with van der Waals surface area (Å²) in [5.41, 5.74) is 2.34. The van der Waals surface area contributed by atoms with Crippen molar-refractivity contribution in [2.24, 2.45) is 9.81 Å². The van der Waals surface area contributed by atoms with Crippen LogP contribution in [0.4, 0.5) is 4.79 Å². The topological polar surface area (TPSA) is 59.0 Å². The summed E-state index contributed by atoms with van der Waals surface area (Å²) in [6, 6.07) is 5.88. The number of hydrogen-bond acceptors (Lipinski definition) is 3. The van der Waals surface area contributed by atoms with Gasteiger partial charge in [0.1, 0.15) is 16.6 Å². The highest BCUT2D eigenvalue weighted by molar-refractivity contribution is 7.85. The molecule has 0 aromatic heterocycles. The molecule has 1 spiro atoms. The van der Waals surface area contributed by atoms with Crippen LogP contribution in [0, 0.1) is 5.41 Å². The van der Waals surface area contributed by atoms with Gasteiger partial charge in [0.15, 0.2) is 0 Å². The van der Waals surface area contributed by atoms with E-state index >= 15 is 0 Å². The summed E-state index contributed by atoms with van der Waals surface area (Å²) >= 11 is 6.27. The number of carbonyl (C=O) groups is 1. The van der Waals surface area contributed by atoms with Gasteiger partial charge >= 0.3 is 6.09 Å². The molecule has 2 aliphatic rings. The number of benzene rings is 1. The molecule has 0 N–H and O–H groups in total. The van der Waals surface area contributed by atoms with Crippen LogP contribution in [0.25, 0.3) is 0 Å². The van der Waals surface area contributed by atoms with Crippen LogP contribution in [-0.2, 0) is 22.1 Å². The first-order valence-corrected chi connectivity index (χ1v) is 11.6. The Morgan fingerprint density at radius 1 is 1.17 bits per heavy atom. The summed E-state index contributed by atoms with van der Waals surface area (Å²) in [6.07, 6.45) is 2.09. The quantitative estimate of drug-likeness (QED) is 0.608. The van der Waals surface area contributed by atoms with Crippen molar-refractivity contribution in [2.45, 2.75) is 71.2 Å². The Labute approximate surface area is 181 Å². The van der Waals surface area contributed by atoms with Crippen LogP contribution in [0.15, 0.2) is 22.6 Å². The van der Waals surface area contributed by atoms with E-state index < -0.39 is 21.3 Å². The zero-order chi connectivity index (χ0) is 21.6. The number of piperidine rings is 1. The molecule has 1 aliphatic heterocycles. The van der Waals surface area contributed by atoms with E-state index in [4.69, 9.17) is 20.7 Å². The van der Waals surface area contributed by atoms with E-state index in [2.05, 4.69) is 0 Å². The Balaban J connectivity index is 1.90. The molecule has 1 aliphatic carbocycles. The molecule has 1 atom stereocenters. The van der Waals surface area contributed by atoms with E-state index in [-0.39, 0.29) is 11.5 Å². The van der Waals surface area contributed by atoms with Gasteiger partial charge in [0, 0.05) is 29.1 Å². The van der Waals surface area contributed by atoms with Crippen molar-refractivity contribution < 1.29 is 13.7 Å². The Morgan fingerprint density at radius 2 is 1.79 bits per heavy atom. The Hall–Kier alpha value is -1.40. The van der Waals surface area contributed by atoms with E-state index in [0.29, 0.717) is 18.1 Å². The van der Waals surface area contributed by atoms with E-state index in [0.717, 1.165) is 30.5 Å². The van der Waals surface area contributed by atoms with Crippen LogP contribution < -0.4 is 0 Å². The number of hydrogen-bond donors (Lipinski definition) is 0. The molecule has 1 amide bonds. The van der Waals surface area contributed by atoms with Crippen LogP contribution in [-0.4, -0.2) is 44.4 Å². The molecule has 160 valence electrons. The summed E-state index contributed by atoms with van der Waals surface area (Å²) in [5.74, 6) is 0. The van der Waals surface area contributed by atoms with Crippen molar-refractivity contribution >= 4 is 34.4 Å². The van der Waals surface area contributed by atoms with Crippen molar-refractivity contribution in [1.29, 1.82) is 0 Å². The second kappa shape index (κ2) is 7.69. The van der Waals surface area contributed by atoms with Gasteiger partial charge in [-0.05, 0) is 78.5 Å². The number of likely N-dealkylation sites (tertiary alicyclic amines) is 1. The molecule has 29 heavy (non-hydrogen) atoms. The molecule has 1 saturated heterocycles. The molecule has 1 aromatic rings. The molecule has 0 radical (unpaired) electrons. The number of ether oxygens (including phenoxy) is 1. The monoisotopic (exact) mass is 438 g/mol. The molecule has 0 saturated carbocycles. The highest BCUT2D eigenvalue weighted by Crippen LogP contribution is 2.46. The van der Waals surface area contributed by atoms with Crippen molar-refractivity contribution in [3.05, 3.63) is 34.3 Å². The van der Waals surface area contributed by atoms with Gasteiger partial charge in [0.25, 0.3) is 0 Å². The smallest absolute Gasteiger partial charge is 0.410 e. The standard InChI is InChI=1S/C22H31ClN2O3S/c1-20(2,3)28-19(26)25-11-9-22(10-12-25)14-15-7-8-16(23)13-17(15)18(22)24-29(27)21(4,5)6/h7-8,13H,9-12,14H2,1-6H3. The number of nitrogens with zero attached hydrogens (tertiary/aromatic N) is 2. The number of fused-ring (bicyclic) bond motifs is 1. The van der Waals surface area contributed by atoms with Gasteiger partial charge in [-0.1, -0.05) is 17.7 Å². The number of carbonyl (C=O) groups excluding carboxylic acids is 1. The van der Waals surface area contributed by atoms with Gasteiger partial charge in [-0.15, -0.1) is 0 Å². The fraction of sp³-hybridized carbons (Fsp3) is 0.636. The molecule has 1 heterocycles. The second-order valence-corrected chi connectivity index (χ2v) is 12.4. The molecule has 1 aromatic carbocycles. The largest absolute Gasteiger partial charge is 0.444 e. The zero-order valence-corrected chi connectivity index (χ0v) is 19.7. The maximum absolute atomic E-state index is 12.9. The lowest BCUT2D eigenvalue weighted by Crippen LogP contribution is -2.47. The molecule has 5 nitrogen and oxygen atoms in total. The van der Waals surface area contributed by atoms with Gasteiger partial charge < -0.3 is 9.64 Å². The molecule has 1 fully saturated rings.